The van der Waals surface area contributed by atoms with Crippen LogP contribution in [-0.4, -0.2) is 64.0 Å². The zero-order chi connectivity index (χ0) is 26.7. The monoisotopic (exact) mass is 493 g/mol. The highest BCUT2D eigenvalue weighted by Crippen LogP contribution is 2.11. The number of phenolic OH excluding ortho intramolecular Hbond substituents is 1. The molecule has 1 aromatic carbocycles. The molecule has 0 heterocycles. The lowest BCUT2D eigenvalue weighted by atomic mass is 10.0. The molecule has 4 atom stereocenters. The van der Waals surface area contributed by atoms with Crippen molar-refractivity contribution in [1.82, 2.24) is 16.0 Å². The normalized spacial score (nSPS) is 14.3. The topological polar surface area (TPSA) is 214 Å². The van der Waals surface area contributed by atoms with Crippen LogP contribution in [0.25, 0.3) is 0 Å². The first-order valence-corrected chi connectivity index (χ1v) is 11.3. The van der Waals surface area contributed by atoms with Gasteiger partial charge in [-0.05, 0) is 49.8 Å². The predicted molar refractivity (Wildman–Crippen MR) is 127 cm³/mol. The number of carboxylic acid groups (broad SMARTS) is 1. The molecule has 0 aromatic heterocycles. The molecule has 4 amide bonds. The zero-order valence-electron chi connectivity index (χ0n) is 20.1. The summed E-state index contributed by atoms with van der Waals surface area (Å²) in [4.78, 5) is 60.6. The molecule has 4 unspecified atom stereocenters. The minimum atomic E-state index is -1.23. The van der Waals surface area contributed by atoms with Crippen molar-refractivity contribution in [3.63, 3.8) is 0 Å². The van der Waals surface area contributed by atoms with E-state index in [1.165, 1.54) is 19.1 Å². The summed E-state index contributed by atoms with van der Waals surface area (Å²) < 4.78 is 0. The van der Waals surface area contributed by atoms with Gasteiger partial charge in [0.2, 0.25) is 23.6 Å². The van der Waals surface area contributed by atoms with Gasteiger partial charge < -0.3 is 37.6 Å². The van der Waals surface area contributed by atoms with E-state index in [1.54, 1.807) is 12.1 Å². The molecule has 35 heavy (non-hydrogen) atoms. The van der Waals surface area contributed by atoms with E-state index >= 15 is 0 Å². The minimum Gasteiger partial charge on any atom is -0.508 e. The Labute approximate surface area is 203 Å². The number of carbonyl (C=O) groups excluding carboxylic acids is 4. The molecule has 194 valence electrons. The standard InChI is InChI=1S/C23H35N5O7/c1-12(2)10-18(22(33)26-13(3)23(34)35)28-21(32)17(8-9-19(25)30)27-20(31)16(24)11-14-4-6-15(29)7-5-14/h4-7,12-13,16-18,29H,8-11,24H2,1-3H3,(H2,25,30)(H,26,33)(H,27,31)(H,28,32)(H,34,35). The lowest BCUT2D eigenvalue weighted by molar-refractivity contribution is -0.142. The summed E-state index contributed by atoms with van der Waals surface area (Å²) in [5.41, 5.74) is 11.9. The highest BCUT2D eigenvalue weighted by Gasteiger charge is 2.30. The van der Waals surface area contributed by atoms with Crippen LogP contribution in [0.5, 0.6) is 5.75 Å². The molecule has 0 aliphatic carbocycles. The van der Waals surface area contributed by atoms with E-state index in [1.807, 2.05) is 13.8 Å². The molecule has 9 N–H and O–H groups in total. The number of hydrogen-bond donors (Lipinski definition) is 7. The van der Waals surface area contributed by atoms with Crippen LogP contribution in [0.2, 0.25) is 0 Å². The van der Waals surface area contributed by atoms with Gasteiger partial charge in [0, 0.05) is 6.42 Å². The van der Waals surface area contributed by atoms with Gasteiger partial charge in [-0.25, -0.2) is 0 Å². The van der Waals surface area contributed by atoms with Crippen molar-refractivity contribution in [3.8, 4) is 5.75 Å². The summed E-state index contributed by atoms with van der Waals surface area (Å²) in [6.45, 7) is 4.93. The summed E-state index contributed by atoms with van der Waals surface area (Å²) in [6, 6.07) is 1.64. The van der Waals surface area contributed by atoms with E-state index in [0.29, 0.717) is 5.56 Å². The van der Waals surface area contributed by atoms with Crippen LogP contribution in [0, 0.1) is 5.92 Å². The number of carboxylic acids is 1. The Morgan fingerprint density at radius 3 is 1.94 bits per heavy atom. The molecule has 0 fully saturated rings. The van der Waals surface area contributed by atoms with Gasteiger partial charge in [0.25, 0.3) is 0 Å². The third kappa shape index (κ3) is 10.9. The molecule has 0 saturated heterocycles. The minimum absolute atomic E-state index is 0.0245. The van der Waals surface area contributed by atoms with E-state index in [4.69, 9.17) is 16.6 Å². The Balaban J connectivity index is 2.94. The molecule has 12 heteroatoms. The van der Waals surface area contributed by atoms with Crippen LogP contribution in [0.3, 0.4) is 0 Å². The number of primary amides is 1. The average Bonchev–Trinajstić information content (AvgIpc) is 2.76. The van der Waals surface area contributed by atoms with Crippen LogP contribution in [0.15, 0.2) is 24.3 Å². The van der Waals surface area contributed by atoms with Gasteiger partial charge in [0.15, 0.2) is 0 Å². The van der Waals surface area contributed by atoms with Crippen LogP contribution in [-0.2, 0) is 30.4 Å². The van der Waals surface area contributed by atoms with Gasteiger partial charge in [-0.1, -0.05) is 26.0 Å². The fraction of sp³-hybridized carbons (Fsp3) is 0.522. The Bertz CT molecular complexity index is 904. The number of carbonyl (C=O) groups is 5. The summed E-state index contributed by atoms with van der Waals surface area (Å²) in [7, 11) is 0. The Hall–Kier alpha value is -3.67. The van der Waals surface area contributed by atoms with Crippen LogP contribution >= 0.6 is 0 Å². The molecule has 0 saturated carbocycles. The number of phenols is 1. The summed E-state index contributed by atoms with van der Waals surface area (Å²) in [6.07, 6.45) is 0.00549. The van der Waals surface area contributed by atoms with Crippen molar-refractivity contribution in [3.05, 3.63) is 29.8 Å². The lowest BCUT2D eigenvalue weighted by Crippen LogP contribution is -2.57. The van der Waals surface area contributed by atoms with E-state index < -0.39 is 53.8 Å². The molecule has 12 nitrogen and oxygen atoms in total. The Morgan fingerprint density at radius 2 is 1.43 bits per heavy atom. The highest BCUT2D eigenvalue weighted by atomic mass is 16.4. The van der Waals surface area contributed by atoms with Crippen LogP contribution in [0.4, 0.5) is 0 Å². The Morgan fingerprint density at radius 1 is 0.886 bits per heavy atom. The quantitative estimate of drug-likeness (QED) is 0.172. The number of aromatic hydroxyl groups is 1. The Kier molecular flexibility index (Phi) is 11.7. The zero-order valence-corrected chi connectivity index (χ0v) is 20.1. The van der Waals surface area contributed by atoms with Crippen molar-refractivity contribution >= 4 is 29.6 Å². The fourth-order valence-corrected chi connectivity index (χ4v) is 3.16. The van der Waals surface area contributed by atoms with Gasteiger partial charge in [-0.3, -0.25) is 24.0 Å². The molecule has 1 rings (SSSR count). The second-order valence-electron chi connectivity index (χ2n) is 8.80. The number of nitrogens with two attached hydrogens (primary N) is 2. The van der Waals surface area contributed by atoms with Crippen molar-refractivity contribution in [1.29, 1.82) is 0 Å². The maximum atomic E-state index is 13.0. The molecular formula is C23H35N5O7. The number of rotatable bonds is 14. The van der Waals surface area contributed by atoms with Gasteiger partial charge in [-0.2, -0.15) is 0 Å². The molecule has 0 spiro atoms. The second kappa shape index (κ2) is 13.9. The molecule has 0 aliphatic heterocycles. The largest absolute Gasteiger partial charge is 0.508 e. The molecule has 0 bridgehead atoms. The van der Waals surface area contributed by atoms with Gasteiger partial charge in [-0.15, -0.1) is 0 Å². The second-order valence-corrected chi connectivity index (χ2v) is 8.80. The first-order valence-electron chi connectivity index (χ1n) is 11.3. The maximum absolute atomic E-state index is 13.0. The highest BCUT2D eigenvalue weighted by molar-refractivity contribution is 5.94. The van der Waals surface area contributed by atoms with Crippen molar-refractivity contribution in [2.75, 3.05) is 0 Å². The average molecular weight is 494 g/mol. The SMILES string of the molecule is CC(C)CC(NC(=O)C(CCC(N)=O)NC(=O)C(N)Cc1ccc(O)cc1)C(=O)NC(C)C(=O)O. The number of aliphatic carboxylic acids is 1. The first-order chi connectivity index (χ1) is 16.3. The fourth-order valence-electron chi connectivity index (χ4n) is 3.16. The van der Waals surface area contributed by atoms with Gasteiger partial charge in [0.1, 0.15) is 23.9 Å². The van der Waals surface area contributed by atoms with Gasteiger partial charge in [0.05, 0.1) is 6.04 Å². The number of amides is 4. The first kappa shape index (κ1) is 29.4. The van der Waals surface area contributed by atoms with E-state index in [0.717, 1.165) is 0 Å². The predicted octanol–water partition coefficient (Wildman–Crippen LogP) is -0.867. The van der Waals surface area contributed by atoms with Crippen molar-refractivity contribution in [2.24, 2.45) is 17.4 Å². The molecule has 0 radical (unpaired) electrons. The molecule has 0 aliphatic rings. The van der Waals surface area contributed by atoms with Crippen molar-refractivity contribution in [2.45, 2.75) is 70.6 Å². The van der Waals surface area contributed by atoms with Gasteiger partial charge >= 0.3 is 5.97 Å². The van der Waals surface area contributed by atoms with E-state index in [9.17, 15) is 29.1 Å². The summed E-state index contributed by atoms with van der Waals surface area (Å²) in [5, 5.41) is 25.8. The number of hydrogen-bond acceptors (Lipinski definition) is 7. The number of benzene rings is 1. The molecule has 1 aromatic rings. The van der Waals surface area contributed by atoms with Crippen LogP contribution in [0.1, 0.15) is 45.6 Å². The number of nitrogens with one attached hydrogen (secondary N) is 3. The van der Waals surface area contributed by atoms with E-state index in [2.05, 4.69) is 16.0 Å². The summed E-state index contributed by atoms with van der Waals surface area (Å²) in [5.74, 6) is -3.96. The summed E-state index contributed by atoms with van der Waals surface area (Å²) >= 11 is 0. The molecular weight excluding hydrogens is 458 g/mol. The third-order valence-corrected chi connectivity index (χ3v) is 5.11. The maximum Gasteiger partial charge on any atom is 0.325 e. The van der Waals surface area contributed by atoms with E-state index in [-0.39, 0.29) is 37.4 Å². The van der Waals surface area contributed by atoms with Crippen molar-refractivity contribution < 1.29 is 34.2 Å². The third-order valence-electron chi connectivity index (χ3n) is 5.11. The van der Waals surface area contributed by atoms with Crippen LogP contribution < -0.4 is 27.4 Å². The smallest absolute Gasteiger partial charge is 0.325 e. The lowest BCUT2D eigenvalue weighted by Gasteiger charge is -2.25.